The third-order valence-electron chi connectivity index (χ3n) is 4.27. The molecule has 1 aliphatic heterocycles. The van der Waals surface area contributed by atoms with E-state index in [4.69, 9.17) is 0 Å². The molecule has 0 radical (unpaired) electrons. The molecule has 90 valence electrons. The van der Waals surface area contributed by atoms with Gasteiger partial charge >= 0.3 is 0 Å². The van der Waals surface area contributed by atoms with Gasteiger partial charge in [-0.3, -0.25) is 4.90 Å². The largest absolute Gasteiger partial charge is 0.298 e. The van der Waals surface area contributed by atoms with Gasteiger partial charge in [-0.2, -0.15) is 0 Å². The quantitative estimate of drug-likeness (QED) is 0.666. The second-order valence-electron chi connectivity index (χ2n) is 5.64. The SMILES string of the molecule is CCCCC(C)C1CCN(C(C)C)C1C. The molecule has 0 saturated carbocycles. The Kier molecular flexibility index (Phi) is 5.11. The first-order valence-electron chi connectivity index (χ1n) is 6.83. The molecule has 3 atom stereocenters. The van der Waals surface area contributed by atoms with Crippen molar-refractivity contribution in [2.24, 2.45) is 11.8 Å². The lowest BCUT2D eigenvalue weighted by Gasteiger charge is -2.30. The molecule has 1 aliphatic rings. The molecule has 0 aromatic heterocycles. The predicted octanol–water partition coefficient (Wildman–Crippen LogP) is 3.93. The lowest BCUT2D eigenvalue weighted by molar-refractivity contribution is 0.172. The fourth-order valence-electron chi connectivity index (χ4n) is 3.22. The van der Waals surface area contributed by atoms with Gasteiger partial charge in [0.2, 0.25) is 0 Å². The number of hydrogen-bond acceptors (Lipinski definition) is 1. The summed E-state index contributed by atoms with van der Waals surface area (Å²) in [6.07, 6.45) is 5.60. The van der Waals surface area contributed by atoms with Crippen LogP contribution in [0.2, 0.25) is 0 Å². The second kappa shape index (κ2) is 5.89. The van der Waals surface area contributed by atoms with E-state index < -0.39 is 0 Å². The molecule has 1 nitrogen and oxygen atoms in total. The van der Waals surface area contributed by atoms with Crippen molar-refractivity contribution in [2.75, 3.05) is 6.54 Å². The zero-order valence-corrected chi connectivity index (χ0v) is 11.3. The third-order valence-corrected chi connectivity index (χ3v) is 4.27. The minimum atomic E-state index is 0.725. The summed E-state index contributed by atoms with van der Waals surface area (Å²) in [6, 6.07) is 1.53. The van der Waals surface area contributed by atoms with E-state index >= 15 is 0 Å². The first-order chi connectivity index (χ1) is 7.07. The van der Waals surface area contributed by atoms with Crippen molar-refractivity contribution in [2.45, 2.75) is 72.4 Å². The Bertz CT molecular complexity index is 176. The van der Waals surface area contributed by atoms with Crippen LogP contribution in [0.5, 0.6) is 0 Å². The summed E-state index contributed by atoms with van der Waals surface area (Å²) in [6.45, 7) is 13.2. The van der Waals surface area contributed by atoms with Crippen LogP contribution in [0, 0.1) is 11.8 Å². The summed E-state index contributed by atoms with van der Waals surface area (Å²) in [5.41, 5.74) is 0. The van der Waals surface area contributed by atoms with E-state index in [-0.39, 0.29) is 0 Å². The smallest absolute Gasteiger partial charge is 0.0101 e. The van der Waals surface area contributed by atoms with Crippen LogP contribution in [-0.2, 0) is 0 Å². The van der Waals surface area contributed by atoms with Crippen LogP contribution in [-0.4, -0.2) is 23.5 Å². The summed E-state index contributed by atoms with van der Waals surface area (Å²) in [4.78, 5) is 2.67. The second-order valence-corrected chi connectivity index (χ2v) is 5.64. The van der Waals surface area contributed by atoms with Gasteiger partial charge in [-0.05, 0) is 45.6 Å². The van der Waals surface area contributed by atoms with Crippen molar-refractivity contribution in [1.82, 2.24) is 4.90 Å². The summed E-state index contributed by atoms with van der Waals surface area (Å²) in [5.74, 6) is 1.86. The van der Waals surface area contributed by atoms with Crippen LogP contribution >= 0.6 is 0 Å². The average Bonchev–Trinajstić information content (AvgIpc) is 2.56. The van der Waals surface area contributed by atoms with Crippen LogP contribution in [0.15, 0.2) is 0 Å². The molecule has 0 amide bonds. The van der Waals surface area contributed by atoms with Gasteiger partial charge in [-0.25, -0.2) is 0 Å². The van der Waals surface area contributed by atoms with Gasteiger partial charge in [-0.1, -0.05) is 33.1 Å². The highest BCUT2D eigenvalue weighted by Crippen LogP contribution is 2.33. The summed E-state index contributed by atoms with van der Waals surface area (Å²) in [5, 5.41) is 0. The standard InChI is InChI=1S/C14H29N/c1-6-7-8-12(4)14-9-10-15(11(2)3)13(14)5/h11-14H,6-10H2,1-5H3. The van der Waals surface area contributed by atoms with Gasteiger partial charge in [0, 0.05) is 12.1 Å². The Morgan fingerprint density at radius 2 is 1.93 bits per heavy atom. The number of unbranched alkanes of at least 4 members (excludes halogenated alkanes) is 1. The highest BCUT2D eigenvalue weighted by atomic mass is 15.2. The molecule has 0 aromatic rings. The number of hydrogen-bond donors (Lipinski definition) is 0. The fraction of sp³-hybridized carbons (Fsp3) is 1.00. The molecule has 1 heterocycles. The molecule has 0 spiro atoms. The highest BCUT2D eigenvalue weighted by molar-refractivity contribution is 4.88. The first-order valence-corrected chi connectivity index (χ1v) is 6.83. The topological polar surface area (TPSA) is 3.24 Å². The zero-order valence-electron chi connectivity index (χ0n) is 11.3. The molecule has 1 fully saturated rings. The Morgan fingerprint density at radius 1 is 1.27 bits per heavy atom. The van der Waals surface area contributed by atoms with Crippen LogP contribution in [0.1, 0.15) is 60.3 Å². The Labute approximate surface area is 96.2 Å². The van der Waals surface area contributed by atoms with E-state index in [0.717, 1.165) is 23.9 Å². The van der Waals surface area contributed by atoms with Crippen molar-refractivity contribution < 1.29 is 0 Å². The third kappa shape index (κ3) is 3.21. The highest BCUT2D eigenvalue weighted by Gasteiger charge is 2.34. The molecular formula is C14H29N. The Balaban J connectivity index is 2.44. The maximum atomic E-state index is 2.67. The molecule has 0 aliphatic carbocycles. The van der Waals surface area contributed by atoms with Crippen LogP contribution in [0.3, 0.4) is 0 Å². The van der Waals surface area contributed by atoms with Crippen LogP contribution < -0.4 is 0 Å². The molecule has 3 unspecified atom stereocenters. The minimum absolute atomic E-state index is 0.725. The molecule has 0 aromatic carbocycles. The summed E-state index contributed by atoms with van der Waals surface area (Å²) < 4.78 is 0. The fourth-order valence-corrected chi connectivity index (χ4v) is 3.22. The monoisotopic (exact) mass is 211 g/mol. The molecule has 1 saturated heterocycles. The van der Waals surface area contributed by atoms with E-state index in [9.17, 15) is 0 Å². The summed E-state index contributed by atoms with van der Waals surface area (Å²) in [7, 11) is 0. The van der Waals surface area contributed by atoms with Crippen molar-refractivity contribution >= 4 is 0 Å². The minimum Gasteiger partial charge on any atom is -0.298 e. The van der Waals surface area contributed by atoms with E-state index in [0.29, 0.717) is 0 Å². The molecule has 1 rings (SSSR count). The van der Waals surface area contributed by atoms with E-state index in [2.05, 4.69) is 39.5 Å². The molecular weight excluding hydrogens is 182 g/mol. The number of rotatable bonds is 5. The molecule has 0 N–H and O–H groups in total. The van der Waals surface area contributed by atoms with Gasteiger partial charge in [0.15, 0.2) is 0 Å². The lowest BCUT2D eigenvalue weighted by atomic mass is 9.85. The normalized spacial score (nSPS) is 30.0. The van der Waals surface area contributed by atoms with Gasteiger partial charge in [-0.15, -0.1) is 0 Å². The predicted molar refractivity (Wildman–Crippen MR) is 68.1 cm³/mol. The number of likely N-dealkylation sites (tertiary alicyclic amines) is 1. The van der Waals surface area contributed by atoms with Crippen molar-refractivity contribution in [3.05, 3.63) is 0 Å². The lowest BCUT2D eigenvalue weighted by Crippen LogP contribution is -2.37. The average molecular weight is 211 g/mol. The van der Waals surface area contributed by atoms with Crippen LogP contribution in [0.4, 0.5) is 0 Å². The van der Waals surface area contributed by atoms with E-state index in [1.54, 1.807) is 0 Å². The van der Waals surface area contributed by atoms with Crippen molar-refractivity contribution in [3.8, 4) is 0 Å². The maximum absolute atomic E-state index is 2.67. The molecule has 1 heteroatoms. The molecule has 15 heavy (non-hydrogen) atoms. The Hall–Kier alpha value is -0.0400. The number of nitrogens with zero attached hydrogens (tertiary/aromatic N) is 1. The van der Waals surface area contributed by atoms with E-state index in [1.165, 1.54) is 32.2 Å². The van der Waals surface area contributed by atoms with Gasteiger partial charge < -0.3 is 0 Å². The first kappa shape index (κ1) is 13.0. The summed E-state index contributed by atoms with van der Waals surface area (Å²) >= 11 is 0. The molecule has 0 bridgehead atoms. The van der Waals surface area contributed by atoms with Gasteiger partial charge in [0.05, 0.1) is 0 Å². The zero-order chi connectivity index (χ0) is 11.4. The van der Waals surface area contributed by atoms with Gasteiger partial charge in [0.25, 0.3) is 0 Å². The van der Waals surface area contributed by atoms with Gasteiger partial charge in [0.1, 0.15) is 0 Å². The van der Waals surface area contributed by atoms with Crippen molar-refractivity contribution in [3.63, 3.8) is 0 Å². The maximum Gasteiger partial charge on any atom is 0.0101 e. The van der Waals surface area contributed by atoms with Crippen LogP contribution in [0.25, 0.3) is 0 Å². The Morgan fingerprint density at radius 3 is 2.40 bits per heavy atom. The van der Waals surface area contributed by atoms with E-state index in [1.807, 2.05) is 0 Å². The van der Waals surface area contributed by atoms with Crippen molar-refractivity contribution in [1.29, 1.82) is 0 Å².